The maximum Gasteiger partial charge on any atom is 0.234 e. The number of aromatic amines is 1. The lowest BCUT2D eigenvalue weighted by molar-refractivity contribution is -0.113. The summed E-state index contributed by atoms with van der Waals surface area (Å²) in [4.78, 5) is 16.1. The molecule has 0 spiro atoms. The maximum atomic E-state index is 13.5. The van der Waals surface area contributed by atoms with Gasteiger partial charge in [0.15, 0.2) is 5.82 Å². The summed E-state index contributed by atoms with van der Waals surface area (Å²) in [5.74, 6) is -1.34. The molecule has 2 aromatic carbocycles. The van der Waals surface area contributed by atoms with Crippen molar-refractivity contribution in [3.05, 3.63) is 59.1 Å². The molecule has 0 radical (unpaired) electrons. The molecule has 25 heavy (non-hydrogen) atoms. The van der Waals surface area contributed by atoms with Gasteiger partial charge in [-0.2, -0.15) is 0 Å². The third-order valence-corrected chi connectivity index (χ3v) is 4.22. The Hall–Kier alpha value is -2.45. The van der Waals surface area contributed by atoms with Crippen molar-refractivity contribution in [3.63, 3.8) is 0 Å². The van der Waals surface area contributed by atoms with Crippen LogP contribution in [0.4, 0.5) is 14.5 Å². The molecule has 0 fully saturated rings. The molecule has 9 heteroatoms. The summed E-state index contributed by atoms with van der Waals surface area (Å²) in [6.07, 6.45) is 0. The van der Waals surface area contributed by atoms with Gasteiger partial charge in [0.2, 0.25) is 11.1 Å². The minimum absolute atomic E-state index is 0.0478. The second kappa shape index (κ2) is 7.62. The van der Waals surface area contributed by atoms with E-state index in [0.29, 0.717) is 16.0 Å². The minimum atomic E-state index is -0.706. The van der Waals surface area contributed by atoms with Gasteiger partial charge >= 0.3 is 0 Å². The number of nitrogens with zero attached hydrogens (tertiary/aromatic N) is 2. The van der Waals surface area contributed by atoms with Gasteiger partial charge in [-0.1, -0.05) is 23.4 Å². The third kappa shape index (κ3) is 4.55. The van der Waals surface area contributed by atoms with Crippen LogP contribution in [-0.4, -0.2) is 26.8 Å². The van der Waals surface area contributed by atoms with Crippen LogP contribution in [0.2, 0.25) is 5.02 Å². The van der Waals surface area contributed by atoms with E-state index in [1.54, 1.807) is 24.3 Å². The Morgan fingerprint density at radius 1 is 1.20 bits per heavy atom. The van der Waals surface area contributed by atoms with Gasteiger partial charge < -0.3 is 5.32 Å². The monoisotopic (exact) mass is 380 g/mol. The van der Waals surface area contributed by atoms with Crippen LogP contribution in [-0.2, 0) is 4.79 Å². The normalized spacial score (nSPS) is 10.7. The van der Waals surface area contributed by atoms with Crippen LogP contribution < -0.4 is 5.32 Å². The predicted molar refractivity (Wildman–Crippen MR) is 92.5 cm³/mol. The summed E-state index contributed by atoms with van der Waals surface area (Å²) in [5.41, 5.74) is 0.595. The van der Waals surface area contributed by atoms with Crippen LogP contribution >= 0.6 is 23.4 Å². The highest BCUT2D eigenvalue weighted by Gasteiger charge is 2.11. The Labute approximate surface area is 150 Å². The van der Waals surface area contributed by atoms with Gasteiger partial charge in [-0.15, -0.1) is 5.10 Å². The number of benzene rings is 2. The molecule has 3 aromatic rings. The summed E-state index contributed by atoms with van der Waals surface area (Å²) in [6, 6.07) is 9.88. The first-order chi connectivity index (χ1) is 12.0. The van der Waals surface area contributed by atoms with Crippen molar-refractivity contribution in [2.75, 3.05) is 11.1 Å². The predicted octanol–water partition coefficient (Wildman–Crippen LogP) is 4.13. The van der Waals surface area contributed by atoms with Gasteiger partial charge in [-0.3, -0.25) is 9.89 Å². The molecular weight excluding hydrogens is 370 g/mol. The number of anilines is 1. The van der Waals surface area contributed by atoms with Crippen molar-refractivity contribution in [3.8, 4) is 11.4 Å². The third-order valence-electron chi connectivity index (χ3n) is 3.12. The van der Waals surface area contributed by atoms with Crippen LogP contribution in [0.1, 0.15) is 0 Å². The van der Waals surface area contributed by atoms with Gasteiger partial charge in [-0.25, -0.2) is 13.8 Å². The van der Waals surface area contributed by atoms with E-state index in [9.17, 15) is 13.6 Å². The molecule has 0 saturated heterocycles. The number of carbonyl (C=O) groups is 1. The van der Waals surface area contributed by atoms with Gasteiger partial charge in [0.05, 0.1) is 11.4 Å². The standard InChI is InChI=1S/C16H11ClF2N4OS/c17-10-3-1-9(2-4-10)15-21-16(23-22-15)25-8-14(24)20-13-7-11(18)5-6-12(13)19/h1-7H,8H2,(H,20,24)(H,21,22,23). The SMILES string of the molecule is O=C(CSc1n[nH]c(-c2ccc(Cl)cc2)n1)Nc1cc(F)ccc1F. The molecule has 0 aliphatic carbocycles. The fourth-order valence-corrected chi connectivity index (χ4v) is 2.68. The number of rotatable bonds is 5. The van der Waals surface area contributed by atoms with Crippen LogP contribution in [0.15, 0.2) is 47.6 Å². The molecule has 128 valence electrons. The zero-order valence-corrected chi connectivity index (χ0v) is 14.2. The number of thioether (sulfide) groups is 1. The van der Waals surface area contributed by atoms with Crippen molar-refractivity contribution >= 4 is 35.0 Å². The lowest BCUT2D eigenvalue weighted by atomic mass is 10.2. The first-order valence-corrected chi connectivity index (χ1v) is 8.43. The number of nitrogens with one attached hydrogen (secondary N) is 2. The zero-order chi connectivity index (χ0) is 17.8. The summed E-state index contributed by atoms with van der Waals surface area (Å²) in [5, 5.41) is 10.1. The topological polar surface area (TPSA) is 70.7 Å². The average Bonchev–Trinajstić information content (AvgIpc) is 3.06. The van der Waals surface area contributed by atoms with E-state index in [1.807, 2.05) is 0 Å². The molecule has 0 atom stereocenters. The largest absolute Gasteiger partial charge is 0.323 e. The van der Waals surface area contributed by atoms with Crippen LogP contribution in [0.5, 0.6) is 0 Å². The van der Waals surface area contributed by atoms with E-state index < -0.39 is 17.5 Å². The first kappa shape index (κ1) is 17.4. The second-order valence-corrected chi connectivity index (χ2v) is 6.31. The van der Waals surface area contributed by atoms with E-state index in [0.717, 1.165) is 35.5 Å². The Morgan fingerprint density at radius 2 is 1.96 bits per heavy atom. The first-order valence-electron chi connectivity index (χ1n) is 7.07. The zero-order valence-electron chi connectivity index (χ0n) is 12.6. The van der Waals surface area contributed by atoms with E-state index >= 15 is 0 Å². The number of carbonyl (C=O) groups excluding carboxylic acids is 1. The summed E-state index contributed by atoms with van der Waals surface area (Å²) < 4.78 is 26.6. The van der Waals surface area contributed by atoms with E-state index in [4.69, 9.17) is 11.6 Å². The highest BCUT2D eigenvalue weighted by atomic mass is 35.5. The second-order valence-electron chi connectivity index (χ2n) is 4.93. The number of H-pyrrole nitrogens is 1. The fraction of sp³-hybridized carbons (Fsp3) is 0.0625. The molecule has 0 bridgehead atoms. The van der Waals surface area contributed by atoms with E-state index in [2.05, 4.69) is 20.5 Å². The molecule has 0 unspecified atom stereocenters. The van der Waals surface area contributed by atoms with Crippen LogP contribution in [0.25, 0.3) is 11.4 Å². The molecule has 2 N–H and O–H groups in total. The number of aromatic nitrogens is 3. The highest BCUT2D eigenvalue weighted by molar-refractivity contribution is 7.99. The molecule has 0 saturated carbocycles. The molecular formula is C16H11ClF2N4OS. The molecule has 1 amide bonds. The van der Waals surface area contributed by atoms with Crippen LogP contribution in [0.3, 0.4) is 0 Å². The van der Waals surface area contributed by atoms with E-state index in [1.165, 1.54) is 0 Å². The number of hydrogen-bond donors (Lipinski definition) is 2. The molecule has 3 rings (SSSR count). The Balaban J connectivity index is 1.59. The lowest BCUT2D eigenvalue weighted by Crippen LogP contribution is -2.15. The summed E-state index contributed by atoms with van der Waals surface area (Å²) in [6.45, 7) is 0. The Kier molecular flexibility index (Phi) is 5.30. The lowest BCUT2D eigenvalue weighted by Gasteiger charge is -2.05. The number of hydrogen-bond acceptors (Lipinski definition) is 4. The van der Waals surface area contributed by atoms with Crippen molar-refractivity contribution < 1.29 is 13.6 Å². The average molecular weight is 381 g/mol. The van der Waals surface area contributed by atoms with Crippen molar-refractivity contribution in [1.82, 2.24) is 15.2 Å². The number of halogens is 3. The Morgan fingerprint density at radius 3 is 2.72 bits per heavy atom. The van der Waals surface area contributed by atoms with Crippen molar-refractivity contribution in [1.29, 1.82) is 0 Å². The quantitative estimate of drug-likeness (QED) is 0.653. The molecule has 5 nitrogen and oxygen atoms in total. The van der Waals surface area contributed by atoms with Crippen molar-refractivity contribution in [2.45, 2.75) is 5.16 Å². The molecule has 0 aliphatic heterocycles. The smallest absolute Gasteiger partial charge is 0.234 e. The van der Waals surface area contributed by atoms with Gasteiger partial charge in [-0.05, 0) is 36.4 Å². The Bertz CT molecular complexity index is 901. The van der Waals surface area contributed by atoms with E-state index in [-0.39, 0.29) is 11.4 Å². The van der Waals surface area contributed by atoms with Gasteiger partial charge in [0, 0.05) is 16.7 Å². The van der Waals surface area contributed by atoms with Crippen LogP contribution in [0, 0.1) is 11.6 Å². The summed E-state index contributed by atoms with van der Waals surface area (Å²) in [7, 11) is 0. The molecule has 1 aromatic heterocycles. The maximum absolute atomic E-state index is 13.5. The fourth-order valence-electron chi connectivity index (χ4n) is 1.96. The van der Waals surface area contributed by atoms with Gasteiger partial charge in [0.25, 0.3) is 0 Å². The molecule has 1 heterocycles. The molecule has 0 aliphatic rings. The minimum Gasteiger partial charge on any atom is -0.323 e. The highest BCUT2D eigenvalue weighted by Crippen LogP contribution is 2.21. The number of amides is 1. The summed E-state index contributed by atoms with van der Waals surface area (Å²) >= 11 is 6.90. The van der Waals surface area contributed by atoms with Crippen molar-refractivity contribution in [2.24, 2.45) is 0 Å². The van der Waals surface area contributed by atoms with Gasteiger partial charge in [0.1, 0.15) is 11.6 Å².